The molecule has 5 heteroatoms. The van der Waals surface area contributed by atoms with Crippen molar-refractivity contribution in [3.05, 3.63) is 28.2 Å². The van der Waals surface area contributed by atoms with Gasteiger partial charge in [-0.3, -0.25) is 4.79 Å². The van der Waals surface area contributed by atoms with Crippen molar-refractivity contribution < 1.29 is 14.3 Å². The summed E-state index contributed by atoms with van der Waals surface area (Å²) in [6.07, 6.45) is -0.0975. The van der Waals surface area contributed by atoms with Gasteiger partial charge in [-0.15, -0.1) is 0 Å². The van der Waals surface area contributed by atoms with Crippen molar-refractivity contribution in [1.82, 2.24) is 5.32 Å². The molecule has 1 fully saturated rings. The number of methoxy groups -OCH3 is 1. The van der Waals surface area contributed by atoms with E-state index < -0.39 is 0 Å². The molecule has 2 rings (SSSR count). The van der Waals surface area contributed by atoms with E-state index in [4.69, 9.17) is 9.47 Å². The van der Waals surface area contributed by atoms with Crippen LogP contribution in [-0.2, 0) is 9.53 Å². The van der Waals surface area contributed by atoms with Gasteiger partial charge in [-0.05, 0) is 33.6 Å². The van der Waals surface area contributed by atoms with E-state index in [1.54, 1.807) is 7.11 Å². The Morgan fingerprint density at radius 2 is 2.38 bits per heavy atom. The van der Waals surface area contributed by atoms with E-state index in [1.807, 2.05) is 18.2 Å². The molecule has 0 aromatic heterocycles. The van der Waals surface area contributed by atoms with Gasteiger partial charge in [0.15, 0.2) is 0 Å². The van der Waals surface area contributed by atoms with Gasteiger partial charge in [-0.25, -0.2) is 0 Å². The number of ether oxygens (including phenoxy) is 2. The Hall–Kier alpha value is -1.07. The Labute approximate surface area is 102 Å². The number of morpholine rings is 1. The molecule has 1 heterocycles. The molecule has 4 nitrogen and oxygen atoms in total. The summed E-state index contributed by atoms with van der Waals surface area (Å²) >= 11 is 3.39. The summed E-state index contributed by atoms with van der Waals surface area (Å²) in [6.45, 7) is 0.618. The molecule has 1 N–H and O–H groups in total. The van der Waals surface area contributed by atoms with E-state index >= 15 is 0 Å². The zero-order valence-electron chi connectivity index (χ0n) is 8.83. The number of hydrogen-bond acceptors (Lipinski definition) is 3. The van der Waals surface area contributed by atoms with Gasteiger partial charge < -0.3 is 14.8 Å². The Morgan fingerprint density at radius 1 is 1.56 bits per heavy atom. The lowest BCUT2D eigenvalue weighted by atomic mass is 10.1. The van der Waals surface area contributed by atoms with Gasteiger partial charge in [-0.1, -0.05) is 6.07 Å². The summed E-state index contributed by atoms with van der Waals surface area (Å²) in [4.78, 5) is 10.9. The predicted molar refractivity (Wildman–Crippen MR) is 62.4 cm³/mol. The highest BCUT2D eigenvalue weighted by atomic mass is 79.9. The maximum Gasteiger partial charge on any atom is 0.246 e. The van der Waals surface area contributed by atoms with Crippen molar-refractivity contribution in [2.75, 3.05) is 20.3 Å². The highest BCUT2D eigenvalue weighted by Crippen LogP contribution is 2.29. The van der Waals surface area contributed by atoms with Crippen molar-refractivity contribution in [2.24, 2.45) is 0 Å². The zero-order valence-corrected chi connectivity index (χ0v) is 10.4. The van der Waals surface area contributed by atoms with Crippen LogP contribution in [-0.4, -0.2) is 26.2 Å². The lowest BCUT2D eigenvalue weighted by Gasteiger charge is -2.23. The second kappa shape index (κ2) is 4.84. The van der Waals surface area contributed by atoms with Crippen LogP contribution in [0.2, 0.25) is 0 Å². The molecule has 0 radical (unpaired) electrons. The first-order chi connectivity index (χ1) is 7.70. The van der Waals surface area contributed by atoms with Crippen LogP contribution in [0.25, 0.3) is 0 Å². The fourth-order valence-corrected chi connectivity index (χ4v) is 1.99. The first kappa shape index (κ1) is 11.4. The van der Waals surface area contributed by atoms with Gasteiger partial charge in [0, 0.05) is 6.54 Å². The number of amides is 1. The predicted octanol–water partition coefficient (Wildman–Crippen LogP) is 1.65. The van der Waals surface area contributed by atoms with Crippen LogP contribution in [0.1, 0.15) is 11.7 Å². The summed E-state index contributed by atoms with van der Waals surface area (Å²) in [5.41, 5.74) is 1.00. The van der Waals surface area contributed by atoms with Crippen LogP contribution < -0.4 is 10.1 Å². The normalized spacial score (nSPS) is 20.4. The molecule has 0 aliphatic carbocycles. The fourth-order valence-electron chi connectivity index (χ4n) is 1.58. The molecule has 86 valence electrons. The number of nitrogens with one attached hydrogen (secondary N) is 1. The average molecular weight is 286 g/mol. The van der Waals surface area contributed by atoms with Crippen molar-refractivity contribution in [3.8, 4) is 5.75 Å². The molecule has 1 aromatic rings. The monoisotopic (exact) mass is 285 g/mol. The van der Waals surface area contributed by atoms with E-state index in [0.717, 1.165) is 15.8 Å². The van der Waals surface area contributed by atoms with Crippen molar-refractivity contribution >= 4 is 21.8 Å². The molecule has 1 saturated heterocycles. The number of halogens is 1. The van der Waals surface area contributed by atoms with E-state index in [9.17, 15) is 4.79 Å². The van der Waals surface area contributed by atoms with Gasteiger partial charge in [0.2, 0.25) is 5.91 Å². The minimum Gasteiger partial charge on any atom is -0.496 e. The second-order valence-electron chi connectivity index (χ2n) is 3.50. The third kappa shape index (κ3) is 2.36. The minimum absolute atomic E-state index is 0.0691. The first-order valence-corrected chi connectivity index (χ1v) is 5.71. The molecule has 1 atom stereocenters. The lowest BCUT2D eigenvalue weighted by molar-refractivity contribution is -0.133. The molecule has 0 bridgehead atoms. The molecule has 1 aliphatic heterocycles. The molecular formula is C11H12BrNO3. The summed E-state index contributed by atoms with van der Waals surface area (Å²) < 4.78 is 11.5. The molecular weight excluding hydrogens is 274 g/mol. The Bertz CT molecular complexity index is 398. The number of carbonyl (C=O) groups is 1. The molecule has 0 unspecified atom stereocenters. The molecule has 1 aliphatic rings. The molecule has 0 saturated carbocycles. The van der Waals surface area contributed by atoms with Crippen molar-refractivity contribution in [1.29, 1.82) is 0 Å². The third-order valence-electron chi connectivity index (χ3n) is 2.45. The molecule has 1 aromatic carbocycles. The number of hydrogen-bond donors (Lipinski definition) is 1. The van der Waals surface area contributed by atoms with Crippen LogP contribution in [0.15, 0.2) is 22.7 Å². The highest BCUT2D eigenvalue weighted by molar-refractivity contribution is 9.10. The van der Waals surface area contributed by atoms with Crippen LogP contribution >= 0.6 is 15.9 Å². The summed E-state index contributed by atoms with van der Waals surface area (Å²) in [7, 11) is 1.62. The lowest BCUT2D eigenvalue weighted by Crippen LogP contribution is -2.38. The minimum atomic E-state index is -0.0975. The van der Waals surface area contributed by atoms with Crippen LogP contribution in [0, 0.1) is 0 Å². The maximum atomic E-state index is 10.9. The quantitative estimate of drug-likeness (QED) is 0.899. The first-order valence-electron chi connectivity index (χ1n) is 4.92. The number of carbonyl (C=O) groups excluding carboxylic acids is 1. The SMILES string of the molecule is COc1cc([C@H]2CNC(=O)CO2)ccc1Br. The summed E-state index contributed by atoms with van der Waals surface area (Å²) in [5, 5.41) is 2.77. The van der Waals surface area contributed by atoms with Crippen LogP contribution in [0.5, 0.6) is 5.75 Å². The smallest absolute Gasteiger partial charge is 0.246 e. The maximum absolute atomic E-state index is 10.9. The number of rotatable bonds is 2. The Balaban J connectivity index is 2.17. The number of benzene rings is 1. The second-order valence-corrected chi connectivity index (χ2v) is 4.35. The third-order valence-corrected chi connectivity index (χ3v) is 3.10. The highest BCUT2D eigenvalue weighted by Gasteiger charge is 2.20. The van der Waals surface area contributed by atoms with Gasteiger partial charge in [0.1, 0.15) is 18.5 Å². The fraction of sp³-hybridized carbons (Fsp3) is 0.364. The van der Waals surface area contributed by atoms with Crippen LogP contribution in [0.3, 0.4) is 0 Å². The van der Waals surface area contributed by atoms with Gasteiger partial charge >= 0.3 is 0 Å². The van der Waals surface area contributed by atoms with E-state index in [2.05, 4.69) is 21.2 Å². The summed E-state index contributed by atoms with van der Waals surface area (Å²) in [5.74, 6) is 0.693. The molecule has 1 amide bonds. The van der Waals surface area contributed by atoms with E-state index in [-0.39, 0.29) is 18.6 Å². The Kier molecular flexibility index (Phi) is 3.46. The molecule has 16 heavy (non-hydrogen) atoms. The average Bonchev–Trinajstić information content (AvgIpc) is 2.31. The van der Waals surface area contributed by atoms with Crippen molar-refractivity contribution in [2.45, 2.75) is 6.10 Å². The molecule has 0 spiro atoms. The zero-order chi connectivity index (χ0) is 11.5. The van der Waals surface area contributed by atoms with Gasteiger partial charge in [0.25, 0.3) is 0 Å². The van der Waals surface area contributed by atoms with E-state index in [0.29, 0.717) is 6.54 Å². The van der Waals surface area contributed by atoms with Gasteiger partial charge in [-0.2, -0.15) is 0 Å². The van der Waals surface area contributed by atoms with Crippen molar-refractivity contribution in [3.63, 3.8) is 0 Å². The standard InChI is InChI=1S/C11H12BrNO3/c1-15-9-4-7(2-3-8(9)12)10-5-13-11(14)6-16-10/h2-4,10H,5-6H2,1H3,(H,13,14)/t10-/m1/s1. The van der Waals surface area contributed by atoms with E-state index in [1.165, 1.54) is 0 Å². The Morgan fingerprint density at radius 3 is 3.00 bits per heavy atom. The van der Waals surface area contributed by atoms with Gasteiger partial charge in [0.05, 0.1) is 11.6 Å². The topological polar surface area (TPSA) is 47.6 Å². The largest absolute Gasteiger partial charge is 0.496 e. The summed E-state index contributed by atoms with van der Waals surface area (Å²) in [6, 6.07) is 5.77. The van der Waals surface area contributed by atoms with Crippen LogP contribution in [0.4, 0.5) is 0 Å².